The van der Waals surface area contributed by atoms with Gasteiger partial charge in [-0.3, -0.25) is 9.59 Å². The van der Waals surface area contributed by atoms with Gasteiger partial charge in [0.25, 0.3) is 0 Å². The maximum Gasteiger partial charge on any atom is 0.242 e. The summed E-state index contributed by atoms with van der Waals surface area (Å²) in [7, 11) is 0. The molecule has 2 rings (SSSR count). The Morgan fingerprint density at radius 2 is 1.57 bits per heavy atom. The summed E-state index contributed by atoms with van der Waals surface area (Å²) < 4.78 is 0. The van der Waals surface area contributed by atoms with Crippen LogP contribution in [0.25, 0.3) is 0 Å². The number of carbonyl (C=O) groups excluding carboxylic acids is 2. The summed E-state index contributed by atoms with van der Waals surface area (Å²) >= 11 is 3.67. The summed E-state index contributed by atoms with van der Waals surface area (Å²) in [6, 6.07) is 0. The van der Waals surface area contributed by atoms with Crippen molar-refractivity contribution in [1.82, 2.24) is 9.80 Å². The highest BCUT2D eigenvalue weighted by Gasteiger charge is 2.37. The summed E-state index contributed by atoms with van der Waals surface area (Å²) in [6.45, 7) is 4.01. The number of amides is 2. The molecule has 0 N–H and O–H groups in total. The molecule has 0 bridgehead atoms. The number of hydrogen-bond donors (Lipinski definition) is 0. The number of hydrogen-bond acceptors (Lipinski definition) is 2. The minimum absolute atomic E-state index is 0.106. The number of piperazine rings is 1. The van der Waals surface area contributed by atoms with Crippen molar-refractivity contribution in [3.05, 3.63) is 0 Å². The highest BCUT2D eigenvalue weighted by Crippen LogP contribution is 2.37. The predicted octanol–water partition coefficient (Wildman–Crippen LogP) is 2.80. The van der Waals surface area contributed by atoms with Crippen molar-refractivity contribution in [2.45, 2.75) is 51.9 Å². The molecule has 120 valence electrons. The summed E-state index contributed by atoms with van der Waals surface area (Å²) in [5.74, 6) is 0.224. The van der Waals surface area contributed by atoms with Crippen molar-refractivity contribution in [3.63, 3.8) is 0 Å². The molecule has 4 nitrogen and oxygen atoms in total. The highest BCUT2D eigenvalue weighted by atomic mass is 79.9. The molecular weight excluding hydrogens is 332 g/mol. The molecule has 0 unspecified atom stereocenters. The maximum atomic E-state index is 12.4. The minimum Gasteiger partial charge on any atom is -0.332 e. The summed E-state index contributed by atoms with van der Waals surface area (Å²) in [5, 5.41) is 0.927. The second-order valence-electron chi connectivity index (χ2n) is 6.61. The van der Waals surface area contributed by atoms with Crippen LogP contribution < -0.4 is 0 Å². The quantitative estimate of drug-likeness (QED) is 0.560. The van der Waals surface area contributed by atoms with E-state index in [0.29, 0.717) is 6.54 Å². The molecule has 0 atom stereocenters. The second kappa shape index (κ2) is 7.61. The van der Waals surface area contributed by atoms with Crippen LogP contribution >= 0.6 is 15.9 Å². The monoisotopic (exact) mass is 358 g/mol. The van der Waals surface area contributed by atoms with E-state index < -0.39 is 0 Å². The molecule has 0 aromatic carbocycles. The number of alkyl halides is 1. The molecule has 1 saturated carbocycles. The van der Waals surface area contributed by atoms with Crippen LogP contribution in [0.1, 0.15) is 51.9 Å². The lowest BCUT2D eigenvalue weighted by Gasteiger charge is -2.40. The fraction of sp³-hybridized carbons (Fsp3) is 0.875. The van der Waals surface area contributed by atoms with Crippen LogP contribution in [0.15, 0.2) is 0 Å². The number of halogens is 1. The number of carbonyl (C=O) groups is 2. The third kappa shape index (κ3) is 4.21. The van der Waals surface area contributed by atoms with E-state index in [1.54, 1.807) is 9.80 Å². The van der Waals surface area contributed by atoms with Gasteiger partial charge < -0.3 is 9.80 Å². The predicted molar refractivity (Wildman–Crippen MR) is 87.4 cm³/mol. The van der Waals surface area contributed by atoms with Crippen molar-refractivity contribution in [2.75, 3.05) is 31.5 Å². The van der Waals surface area contributed by atoms with E-state index in [0.717, 1.165) is 31.1 Å². The molecule has 5 heteroatoms. The highest BCUT2D eigenvalue weighted by molar-refractivity contribution is 9.09. The van der Waals surface area contributed by atoms with Gasteiger partial charge in [-0.1, -0.05) is 48.5 Å². The first kappa shape index (κ1) is 16.8. The minimum atomic E-state index is 0.106. The Hall–Kier alpha value is -0.580. The zero-order chi connectivity index (χ0) is 15.3. The van der Waals surface area contributed by atoms with Gasteiger partial charge >= 0.3 is 0 Å². The smallest absolute Gasteiger partial charge is 0.242 e. The van der Waals surface area contributed by atoms with Crippen LogP contribution in [0.2, 0.25) is 0 Å². The lowest BCUT2D eigenvalue weighted by Crippen LogP contribution is -2.56. The summed E-state index contributed by atoms with van der Waals surface area (Å²) in [6.07, 6.45) is 8.30. The van der Waals surface area contributed by atoms with Gasteiger partial charge in [0.15, 0.2) is 0 Å². The van der Waals surface area contributed by atoms with E-state index in [-0.39, 0.29) is 30.3 Å². The van der Waals surface area contributed by atoms with Crippen LogP contribution in [-0.4, -0.2) is 53.1 Å². The van der Waals surface area contributed by atoms with Gasteiger partial charge in [-0.05, 0) is 24.7 Å². The van der Waals surface area contributed by atoms with Crippen LogP contribution in [0.3, 0.4) is 0 Å². The van der Waals surface area contributed by atoms with Crippen molar-refractivity contribution in [2.24, 2.45) is 5.41 Å². The van der Waals surface area contributed by atoms with E-state index >= 15 is 0 Å². The fourth-order valence-electron chi connectivity index (χ4n) is 3.54. The van der Waals surface area contributed by atoms with Gasteiger partial charge in [0, 0.05) is 18.4 Å². The second-order valence-corrected chi connectivity index (χ2v) is 7.17. The van der Waals surface area contributed by atoms with Crippen molar-refractivity contribution in [1.29, 1.82) is 0 Å². The molecule has 2 amide bonds. The first-order chi connectivity index (χ1) is 10.1. The van der Waals surface area contributed by atoms with Gasteiger partial charge in [0.2, 0.25) is 11.8 Å². The Labute approximate surface area is 136 Å². The maximum absolute atomic E-state index is 12.4. The van der Waals surface area contributed by atoms with Crippen LogP contribution in [0.4, 0.5) is 0 Å². The van der Waals surface area contributed by atoms with Crippen molar-refractivity contribution < 1.29 is 9.59 Å². The van der Waals surface area contributed by atoms with E-state index in [9.17, 15) is 9.59 Å². The van der Waals surface area contributed by atoms with Crippen LogP contribution in [0, 0.1) is 5.41 Å². The molecule has 0 radical (unpaired) electrons. The van der Waals surface area contributed by atoms with Gasteiger partial charge in [-0.2, -0.15) is 0 Å². The molecule has 2 aliphatic rings. The molecule has 1 aliphatic carbocycles. The zero-order valence-electron chi connectivity index (χ0n) is 13.1. The molecule has 21 heavy (non-hydrogen) atoms. The summed E-state index contributed by atoms with van der Waals surface area (Å²) in [5.41, 5.74) is 0.166. The average Bonchev–Trinajstić information content (AvgIpc) is 2.71. The van der Waals surface area contributed by atoms with Crippen molar-refractivity contribution in [3.8, 4) is 0 Å². The van der Waals surface area contributed by atoms with Gasteiger partial charge in [-0.15, -0.1) is 0 Å². The fourth-order valence-corrected chi connectivity index (χ4v) is 4.28. The van der Waals surface area contributed by atoms with Crippen molar-refractivity contribution >= 4 is 27.7 Å². The Bertz CT molecular complexity index is 378. The SMILES string of the molecule is CCCN1CC(=O)N(CC2(CBr)CCCCCC2)CC1=O. The Balaban J connectivity index is 2.01. The summed E-state index contributed by atoms with van der Waals surface area (Å²) in [4.78, 5) is 28.0. The first-order valence-electron chi connectivity index (χ1n) is 8.22. The van der Waals surface area contributed by atoms with E-state index in [4.69, 9.17) is 0 Å². The lowest BCUT2D eigenvalue weighted by molar-refractivity contribution is -0.151. The van der Waals surface area contributed by atoms with Crippen LogP contribution in [0.5, 0.6) is 0 Å². The van der Waals surface area contributed by atoms with E-state index in [1.807, 2.05) is 6.92 Å². The molecule has 0 aromatic rings. The Morgan fingerprint density at radius 1 is 1.00 bits per heavy atom. The zero-order valence-corrected chi connectivity index (χ0v) is 14.7. The number of rotatable bonds is 5. The Kier molecular flexibility index (Phi) is 6.08. The molecule has 1 heterocycles. The van der Waals surface area contributed by atoms with Gasteiger partial charge in [-0.25, -0.2) is 0 Å². The largest absolute Gasteiger partial charge is 0.332 e. The molecule has 1 aliphatic heterocycles. The molecule has 0 spiro atoms. The lowest BCUT2D eigenvalue weighted by atomic mass is 9.81. The van der Waals surface area contributed by atoms with E-state index in [1.165, 1.54) is 25.7 Å². The molecular formula is C16H27BrN2O2. The van der Waals surface area contributed by atoms with Gasteiger partial charge in [0.1, 0.15) is 0 Å². The Morgan fingerprint density at radius 3 is 2.14 bits per heavy atom. The molecule has 0 aromatic heterocycles. The molecule has 2 fully saturated rings. The third-order valence-corrected chi connectivity index (χ3v) is 6.01. The van der Waals surface area contributed by atoms with Gasteiger partial charge in [0.05, 0.1) is 13.1 Å². The standard InChI is InChI=1S/C16H27BrN2O2/c1-2-9-18-10-15(21)19(11-14(18)20)13-16(12-17)7-5-3-4-6-8-16/h2-13H2,1H3. The van der Waals surface area contributed by atoms with E-state index in [2.05, 4.69) is 15.9 Å². The molecule has 1 saturated heterocycles. The number of nitrogens with zero attached hydrogens (tertiary/aromatic N) is 2. The third-order valence-electron chi connectivity index (χ3n) is 4.83. The average molecular weight is 359 g/mol. The first-order valence-corrected chi connectivity index (χ1v) is 9.34. The normalized spacial score (nSPS) is 23.3. The van der Waals surface area contributed by atoms with Crippen LogP contribution in [-0.2, 0) is 9.59 Å². The topological polar surface area (TPSA) is 40.6 Å².